The number of hydrogen-bond donors (Lipinski definition) is 0. The van der Waals surface area contributed by atoms with Crippen molar-refractivity contribution in [2.75, 3.05) is 0 Å². The largest absolute Gasteiger partial charge is 0.573 e. The van der Waals surface area contributed by atoms with E-state index in [0.717, 1.165) is 37.8 Å². The number of benzene rings is 1. The summed E-state index contributed by atoms with van der Waals surface area (Å²) in [6, 6.07) is 4.71. The van der Waals surface area contributed by atoms with Gasteiger partial charge in [-0.15, -0.1) is 13.2 Å². The lowest BCUT2D eigenvalue weighted by Gasteiger charge is -2.29. The molecule has 0 heterocycles. The second-order valence-corrected chi connectivity index (χ2v) is 6.63. The first-order valence-electron chi connectivity index (χ1n) is 8.66. The van der Waals surface area contributed by atoms with Crippen molar-refractivity contribution in [1.29, 1.82) is 0 Å². The first-order valence-corrected chi connectivity index (χ1v) is 8.66. The zero-order valence-electron chi connectivity index (χ0n) is 14.6. The van der Waals surface area contributed by atoms with Crippen LogP contribution in [0, 0.1) is 11.8 Å². The second kappa shape index (κ2) is 8.84. The zero-order valence-corrected chi connectivity index (χ0v) is 14.6. The third kappa shape index (κ3) is 7.32. The Kier molecular flexibility index (Phi) is 7.03. The first kappa shape index (κ1) is 20.7. The molecule has 0 amide bonds. The van der Waals surface area contributed by atoms with Gasteiger partial charge in [-0.25, -0.2) is 0 Å². The molecule has 2 rings (SSSR count). The minimum atomic E-state index is -4.78. The number of alkyl halides is 5. The van der Waals surface area contributed by atoms with Gasteiger partial charge in [0.25, 0.3) is 0 Å². The van der Waals surface area contributed by atoms with Gasteiger partial charge in [0.05, 0.1) is 6.61 Å². The van der Waals surface area contributed by atoms with E-state index in [1.165, 1.54) is 12.1 Å². The summed E-state index contributed by atoms with van der Waals surface area (Å²) in [5, 5.41) is 0. The van der Waals surface area contributed by atoms with E-state index in [0.29, 0.717) is 11.5 Å². The fourth-order valence-corrected chi connectivity index (χ4v) is 3.23. The standard InChI is InChI=1S/C19H23F5O2/c1-2-3-14-4-6-15(7-5-14)12-18(20,21)25-13-16-8-10-17(11-9-16)26-19(22,23)24/h2-3,8-11,14-15H,4-7,12-13H2,1H3/t14-,15-. The maximum atomic E-state index is 14.0. The monoisotopic (exact) mass is 378 g/mol. The van der Waals surface area contributed by atoms with Crippen molar-refractivity contribution in [1.82, 2.24) is 0 Å². The molecule has 1 aliphatic rings. The molecule has 0 saturated heterocycles. The number of rotatable bonds is 7. The minimum Gasteiger partial charge on any atom is -0.406 e. The van der Waals surface area contributed by atoms with Crippen LogP contribution in [0.5, 0.6) is 5.75 Å². The SMILES string of the molecule is CC=C[C@H]1CC[C@H](CC(F)(F)OCc2ccc(OC(F)(F)F)cc2)CC1. The third-order valence-electron chi connectivity index (χ3n) is 4.49. The van der Waals surface area contributed by atoms with Gasteiger partial charge in [-0.05, 0) is 62.1 Å². The fraction of sp³-hybridized carbons (Fsp3) is 0.579. The van der Waals surface area contributed by atoms with Gasteiger partial charge < -0.3 is 9.47 Å². The van der Waals surface area contributed by atoms with Crippen LogP contribution in [-0.2, 0) is 11.3 Å². The number of halogens is 5. The first-order chi connectivity index (χ1) is 12.2. The van der Waals surface area contributed by atoms with Crippen LogP contribution in [0.4, 0.5) is 22.0 Å². The van der Waals surface area contributed by atoms with Gasteiger partial charge in [0.2, 0.25) is 0 Å². The highest BCUT2D eigenvalue weighted by Crippen LogP contribution is 2.37. The summed E-state index contributed by atoms with van der Waals surface area (Å²) in [7, 11) is 0. The van der Waals surface area contributed by atoms with E-state index in [1.54, 1.807) is 0 Å². The molecule has 0 spiro atoms. The molecule has 7 heteroatoms. The molecule has 1 saturated carbocycles. The number of allylic oxidation sites excluding steroid dienone is 2. The summed E-state index contributed by atoms with van der Waals surface area (Å²) in [6.07, 6.45) is -0.932. The van der Waals surface area contributed by atoms with Crippen LogP contribution in [0.2, 0.25) is 0 Å². The maximum Gasteiger partial charge on any atom is 0.573 e. The van der Waals surface area contributed by atoms with E-state index in [2.05, 4.69) is 10.8 Å². The van der Waals surface area contributed by atoms with Crippen LogP contribution >= 0.6 is 0 Å². The molecular formula is C19H23F5O2. The second-order valence-electron chi connectivity index (χ2n) is 6.63. The number of hydrogen-bond acceptors (Lipinski definition) is 2. The molecule has 0 aromatic heterocycles. The molecule has 0 aliphatic heterocycles. The van der Waals surface area contributed by atoms with Crippen molar-refractivity contribution in [3.8, 4) is 5.75 Å². The minimum absolute atomic E-state index is 0.0749. The molecule has 1 aromatic carbocycles. The summed E-state index contributed by atoms with van der Waals surface area (Å²) in [5.41, 5.74) is 0.357. The van der Waals surface area contributed by atoms with Crippen LogP contribution in [0.1, 0.15) is 44.6 Å². The fourth-order valence-electron chi connectivity index (χ4n) is 3.23. The van der Waals surface area contributed by atoms with Crippen LogP contribution in [0.3, 0.4) is 0 Å². The predicted molar refractivity (Wildman–Crippen MR) is 87.7 cm³/mol. The van der Waals surface area contributed by atoms with E-state index >= 15 is 0 Å². The molecule has 1 fully saturated rings. The molecule has 1 aromatic rings. The Hall–Kier alpha value is -1.63. The van der Waals surface area contributed by atoms with Crippen molar-refractivity contribution < 1.29 is 31.4 Å². The highest BCUT2D eigenvalue weighted by Gasteiger charge is 2.35. The van der Waals surface area contributed by atoms with Crippen LogP contribution < -0.4 is 4.74 Å². The quantitative estimate of drug-likeness (QED) is 0.400. The third-order valence-corrected chi connectivity index (χ3v) is 4.49. The molecule has 0 N–H and O–H groups in total. The van der Waals surface area contributed by atoms with Gasteiger partial charge in [-0.3, -0.25) is 0 Å². The van der Waals surface area contributed by atoms with E-state index in [9.17, 15) is 22.0 Å². The molecule has 146 valence electrons. The molecule has 1 aliphatic carbocycles. The average Bonchev–Trinajstić information content (AvgIpc) is 2.55. The summed E-state index contributed by atoms with van der Waals surface area (Å²) in [6.45, 7) is 1.59. The molecule has 0 unspecified atom stereocenters. The summed E-state index contributed by atoms with van der Waals surface area (Å²) in [5.74, 6) is 0.00295. The molecule has 2 nitrogen and oxygen atoms in total. The van der Waals surface area contributed by atoms with Crippen molar-refractivity contribution in [3.05, 3.63) is 42.0 Å². The zero-order chi connectivity index (χ0) is 19.2. The molecule has 26 heavy (non-hydrogen) atoms. The van der Waals surface area contributed by atoms with Crippen molar-refractivity contribution in [3.63, 3.8) is 0 Å². The lowest BCUT2D eigenvalue weighted by Crippen LogP contribution is -2.26. The van der Waals surface area contributed by atoms with Gasteiger partial charge >= 0.3 is 12.5 Å². The van der Waals surface area contributed by atoms with E-state index < -0.39 is 18.2 Å². The van der Waals surface area contributed by atoms with Crippen LogP contribution in [-0.4, -0.2) is 12.5 Å². The molecule has 0 atom stereocenters. The van der Waals surface area contributed by atoms with Gasteiger partial charge in [-0.1, -0.05) is 24.3 Å². The number of ether oxygens (including phenoxy) is 2. The van der Waals surface area contributed by atoms with Crippen molar-refractivity contribution in [2.45, 2.75) is 58.1 Å². The Morgan fingerprint density at radius 3 is 2.15 bits per heavy atom. The Labute approximate surface area is 150 Å². The highest BCUT2D eigenvalue weighted by molar-refractivity contribution is 5.27. The van der Waals surface area contributed by atoms with Crippen LogP contribution in [0.25, 0.3) is 0 Å². The maximum absolute atomic E-state index is 14.0. The summed E-state index contributed by atoms with van der Waals surface area (Å²) < 4.78 is 72.8. The Balaban J connectivity index is 1.78. The lowest BCUT2D eigenvalue weighted by atomic mass is 9.80. The van der Waals surface area contributed by atoms with E-state index in [-0.39, 0.29) is 18.9 Å². The van der Waals surface area contributed by atoms with Gasteiger partial charge in [0.15, 0.2) is 0 Å². The Morgan fingerprint density at radius 1 is 1.00 bits per heavy atom. The summed E-state index contributed by atoms with van der Waals surface area (Å²) >= 11 is 0. The molecular weight excluding hydrogens is 355 g/mol. The topological polar surface area (TPSA) is 18.5 Å². The van der Waals surface area contributed by atoms with Gasteiger partial charge in [-0.2, -0.15) is 8.78 Å². The Bertz CT molecular complexity index is 573. The van der Waals surface area contributed by atoms with Crippen molar-refractivity contribution in [2.24, 2.45) is 11.8 Å². The van der Waals surface area contributed by atoms with Crippen LogP contribution in [0.15, 0.2) is 36.4 Å². The van der Waals surface area contributed by atoms with Crippen molar-refractivity contribution >= 4 is 0 Å². The molecule has 0 bridgehead atoms. The molecule has 0 radical (unpaired) electrons. The highest BCUT2D eigenvalue weighted by atomic mass is 19.4. The average molecular weight is 378 g/mol. The predicted octanol–water partition coefficient (Wildman–Crippen LogP) is 6.47. The lowest BCUT2D eigenvalue weighted by molar-refractivity contribution is -0.274. The van der Waals surface area contributed by atoms with E-state index in [1.807, 2.05) is 13.0 Å². The van der Waals surface area contributed by atoms with Gasteiger partial charge in [0.1, 0.15) is 5.75 Å². The Morgan fingerprint density at radius 2 is 1.62 bits per heavy atom. The van der Waals surface area contributed by atoms with Gasteiger partial charge in [0, 0.05) is 6.42 Å². The normalized spacial score (nSPS) is 21.9. The summed E-state index contributed by atoms with van der Waals surface area (Å²) in [4.78, 5) is 0. The van der Waals surface area contributed by atoms with E-state index in [4.69, 9.17) is 4.74 Å². The smallest absolute Gasteiger partial charge is 0.406 e.